The number of hydrogen-bond donors (Lipinski definition) is 0. The third kappa shape index (κ3) is 3.85. The Bertz CT molecular complexity index is 965. The van der Waals surface area contributed by atoms with Gasteiger partial charge in [0.1, 0.15) is 5.75 Å². The third-order valence-corrected chi connectivity index (χ3v) is 6.90. The number of carbonyl (C=O) groups excluding carboxylic acids is 1. The normalized spacial score (nSPS) is 18.7. The van der Waals surface area contributed by atoms with Crippen LogP contribution in [0.2, 0.25) is 0 Å². The maximum atomic E-state index is 12.9. The molecule has 1 aromatic heterocycles. The average molecular weight is 415 g/mol. The van der Waals surface area contributed by atoms with Gasteiger partial charge in [-0.25, -0.2) is 4.98 Å². The van der Waals surface area contributed by atoms with Crippen LogP contribution in [0.25, 0.3) is 0 Å². The Hall–Kier alpha value is -2.48. The number of amides is 1. The van der Waals surface area contributed by atoms with Crippen molar-refractivity contribution in [2.75, 3.05) is 43.9 Å². The number of aromatic nitrogens is 2. The summed E-state index contributed by atoms with van der Waals surface area (Å²) in [5.41, 5.74) is 2.57. The number of thioether (sulfide) groups is 1. The van der Waals surface area contributed by atoms with Gasteiger partial charge in [0.2, 0.25) is 5.91 Å². The smallest absolute Gasteiger partial charge is 0.257 e. The molecule has 1 amide bonds. The monoisotopic (exact) mass is 414 g/mol. The Morgan fingerprint density at radius 3 is 2.52 bits per heavy atom. The number of hydrogen-bond acceptors (Lipinski definition) is 6. The van der Waals surface area contributed by atoms with E-state index in [1.807, 2.05) is 36.1 Å². The van der Waals surface area contributed by atoms with Gasteiger partial charge in [0.25, 0.3) is 5.56 Å². The Morgan fingerprint density at radius 2 is 1.86 bits per heavy atom. The Kier molecular flexibility index (Phi) is 5.54. The predicted molar refractivity (Wildman–Crippen MR) is 114 cm³/mol. The average Bonchev–Trinajstić information content (AvgIpc) is 3.14. The van der Waals surface area contributed by atoms with Crippen molar-refractivity contribution in [1.29, 1.82) is 0 Å². The van der Waals surface area contributed by atoms with Crippen LogP contribution in [-0.2, 0) is 4.79 Å². The van der Waals surface area contributed by atoms with Gasteiger partial charge in [0.05, 0.1) is 13.2 Å². The summed E-state index contributed by atoms with van der Waals surface area (Å²) >= 11 is 1.56. The highest BCUT2D eigenvalue weighted by atomic mass is 32.2. The molecule has 1 fully saturated rings. The molecule has 4 rings (SSSR count). The number of anilines is 1. The van der Waals surface area contributed by atoms with Crippen molar-refractivity contribution in [1.82, 2.24) is 14.5 Å². The van der Waals surface area contributed by atoms with Crippen molar-refractivity contribution in [2.24, 2.45) is 0 Å². The summed E-state index contributed by atoms with van der Waals surface area (Å²) < 4.78 is 6.93. The van der Waals surface area contributed by atoms with Crippen molar-refractivity contribution < 1.29 is 9.53 Å². The molecule has 7 nitrogen and oxygen atoms in total. The molecule has 0 N–H and O–H groups in total. The summed E-state index contributed by atoms with van der Waals surface area (Å²) in [7, 11) is 1.66. The fourth-order valence-electron chi connectivity index (χ4n) is 3.86. The summed E-state index contributed by atoms with van der Waals surface area (Å²) in [6, 6.07) is 7.90. The zero-order chi connectivity index (χ0) is 20.5. The number of ether oxygens (including phenoxy) is 1. The van der Waals surface area contributed by atoms with Gasteiger partial charge in [0, 0.05) is 55.3 Å². The number of benzene rings is 1. The fraction of sp³-hybridized carbons (Fsp3) is 0.476. The van der Waals surface area contributed by atoms with Gasteiger partial charge in [-0.05, 0) is 38.1 Å². The van der Waals surface area contributed by atoms with Crippen molar-refractivity contribution in [3.05, 3.63) is 45.9 Å². The maximum Gasteiger partial charge on any atom is 0.257 e. The quantitative estimate of drug-likeness (QED) is 0.715. The number of aryl methyl sites for hydroxylation is 1. The van der Waals surface area contributed by atoms with Crippen LogP contribution in [0.3, 0.4) is 0 Å². The molecule has 0 spiro atoms. The lowest BCUT2D eigenvalue weighted by Crippen LogP contribution is -2.49. The minimum absolute atomic E-state index is 0.0142. The second-order valence-electron chi connectivity index (χ2n) is 7.51. The van der Waals surface area contributed by atoms with E-state index in [-0.39, 0.29) is 17.5 Å². The first-order chi connectivity index (χ1) is 14.0. The van der Waals surface area contributed by atoms with E-state index in [2.05, 4.69) is 9.88 Å². The van der Waals surface area contributed by atoms with E-state index in [1.165, 1.54) is 0 Å². The Labute approximate surface area is 174 Å². The van der Waals surface area contributed by atoms with E-state index in [1.54, 1.807) is 30.4 Å². The van der Waals surface area contributed by atoms with E-state index in [4.69, 9.17) is 4.74 Å². The second kappa shape index (κ2) is 8.10. The van der Waals surface area contributed by atoms with Crippen molar-refractivity contribution >= 4 is 23.4 Å². The molecule has 3 heterocycles. The molecule has 1 saturated heterocycles. The summed E-state index contributed by atoms with van der Waals surface area (Å²) in [6.07, 6.45) is 0.354. The summed E-state index contributed by atoms with van der Waals surface area (Å²) in [6.45, 7) is 6.65. The molecule has 1 atom stereocenters. The van der Waals surface area contributed by atoms with E-state index in [9.17, 15) is 9.59 Å². The SMILES string of the molecule is COc1ccc(N2CCN(C(=O)CC3CSc4nc(C)c(C)c(=O)n43)CC2)cc1. The molecule has 8 heteroatoms. The minimum atomic E-state index is -0.110. The van der Waals surface area contributed by atoms with Crippen molar-refractivity contribution in [3.63, 3.8) is 0 Å². The predicted octanol–water partition coefficient (Wildman–Crippen LogP) is 2.25. The molecule has 0 bridgehead atoms. The second-order valence-corrected chi connectivity index (χ2v) is 8.50. The molecule has 154 valence electrons. The summed E-state index contributed by atoms with van der Waals surface area (Å²) in [5, 5.41) is 0.736. The molecular formula is C21H26N4O3S. The summed E-state index contributed by atoms with van der Waals surface area (Å²) in [4.78, 5) is 34.3. The van der Waals surface area contributed by atoms with Crippen LogP contribution in [0.1, 0.15) is 23.7 Å². The molecule has 1 aromatic carbocycles. The third-order valence-electron chi connectivity index (χ3n) is 5.80. The van der Waals surface area contributed by atoms with Gasteiger partial charge in [-0.2, -0.15) is 0 Å². The van der Waals surface area contributed by atoms with Crippen LogP contribution in [0.4, 0.5) is 5.69 Å². The first-order valence-electron chi connectivity index (χ1n) is 9.87. The summed E-state index contributed by atoms with van der Waals surface area (Å²) in [5.74, 6) is 1.68. The van der Waals surface area contributed by atoms with Crippen LogP contribution >= 0.6 is 11.8 Å². The molecule has 2 aliphatic heterocycles. The van der Waals surface area contributed by atoms with E-state index in [0.29, 0.717) is 25.1 Å². The van der Waals surface area contributed by atoms with Crippen LogP contribution in [0.5, 0.6) is 5.75 Å². The van der Waals surface area contributed by atoms with Gasteiger partial charge in [-0.15, -0.1) is 0 Å². The lowest BCUT2D eigenvalue weighted by molar-refractivity contribution is -0.132. The first kappa shape index (κ1) is 19.8. The van der Waals surface area contributed by atoms with Gasteiger partial charge in [-0.1, -0.05) is 11.8 Å². The highest BCUT2D eigenvalue weighted by Gasteiger charge is 2.31. The number of rotatable bonds is 4. The molecule has 2 aromatic rings. The highest BCUT2D eigenvalue weighted by Crippen LogP contribution is 2.33. The molecular weight excluding hydrogens is 388 g/mol. The van der Waals surface area contributed by atoms with Gasteiger partial charge in [0.15, 0.2) is 5.16 Å². The number of carbonyl (C=O) groups is 1. The lowest BCUT2D eigenvalue weighted by atomic mass is 10.1. The standard InChI is InChI=1S/C21H26N4O3S/c1-14-15(2)22-21-25(20(14)27)17(13-29-21)12-19(26)24-10-8-23(9-11-24)16-4-6-18(28-3)7-5-16/h4-7,17H,8-13H2,1-3H3. The van der Waals surface area contributed by atoms with Crippen molar-refractivity contribution in [3.8, 4) is 5.75 Å². The molecule has 2 aliphatic rings. The van der Waals surface area contributed by atoms with E-state index >= 15 is 0 Å². The van der Waals surface area contributed by atoms with E-state index in [0.717, 1.165) is 41.1 Å². The largest absolute Gasteiger partial charge is 0.497 e. The number of methoxy groups -OCH3 is 1. The topological polar surface area (TPSA) is 67.7 Å². The molecule has 0 radical (unpaired) electrons. The van der Waals surface area contributed by atoms with Gasteiger partial charge >= 0.3 is 0 Å². The lowest BCUT2D eigenvalue weighted by Gasteiger charge is -2.36. The number of nitrogens with zero attached hydrogens (tertiary/aromatic N) is 4. The van der Waals surface area contributed by atoms with Gasteiger partial charge in [-0.3, -0.25) is 14.2 Å². The number of piperazine rings is 1. The Morgan fingerprint density at radius 1 is 1.17 bits per heavy atom. The van der Waals surface area contributed by atoms with Crippen LogP contribution in [0, 0.1) is 13.8 Å². The van der Waals surface area contributed by atoms with Crippen LogP contribution in [-0.4, -0.2) is 59.4 Å². The zero-order valence-electron chi connectivity index (χ0n) is 17.1. The van der Waals surface area contributed by atoms with Crippen LogP contribution < -0.4 is 15.2 Å². The van der Waals surface area contributed by atoms with E-state index < -0.39 is 0 Å². The maximum absolute atomic E-state index is 12.9. The van der Waals surface area contributed by atoms with Gasteiger partial charge < -0.3 is 14.5 Å². The molecule has 0 saturated carbocycles. The molecule has 0 aliphatic carbocycles. The number of fused-ring (bicyclic) bond motifs is 1. The zero-order valence-corrected chi connectivity index (χ0v) is 17.9. The fourth-order valence-corrected chi connectivity index (χ4v) is 5.04. The molecule has 29 heavy (non-hydrogen) atoms. The highest BCUT2D eigenvalue weighted by molar-refractivity contribution is 7.99. The Balaban J connectivity index is 1.38. The first-order valence-corrected chi connectivity index (χ1v) is 10.9. The molecule has 1 unspecified atom stereocenters. The minimum Gasteiger partial charge on any atom is -0.497 e. The van der Waals surface area contributed by atoms with Crippen LogP contribution in [0.15, 0.2) is 34.2 Å². The van der Waals surface area contributed by atoms with Crippen molar-refractivity contribution in [2.45, 2.75) is 31.5 Å².